The van der Waals surface area contributed by atoms with E-state index in [1.807, 2.05) is 54.8 Å². The number of amides is 1. The van der Waals surface area contributed by atoms with Gasteiger partial charge in [0, 0.05) is 18.0 Å². The molecule has 3 rings (SSSR count). The third-order valence-corrected chi connectivity index (χ3v) is 5.63. The number of carbonyl (C=O) groups is 2. The summed E-state index contributed by atoms with van der Waals surface area (Å²) in [5.41, 5.74) is 10.1. The van der Waals surface area contributed by atoms with Crippen LogP contribution in [0.5, 0.6) is 0 Å². The number of nitrogens with zero attached hydrogens (tertiary/aromatic N) is 1. The molecule has 0 fully saturated rings. The minimum Gasteiger partial charge on any atom is -0.480 e. The molecular formula is C24H25N3O3S. The third kappa shape index (κ3) is 5.71. The highest BCUT2D eigenvalue weighted by molar-refractivity contribution is 7.98. The Balaban J connectivity index is 1.98. The highest BCUT2D eigenvalue weighted by atomic mass is 32.2. The van der Waals surface area contributed by atoms with Crippen molar-refractivity contribution in [1.29, 1.82) is 0 Å². The topological polar surface area (TPSA) is 105 Å². The standard InChI is InChI=1S/C24H25N3O3S/c1-31-13-11-21(24(29)30)27-23(28)19-10-9-17(22(25)18-8-5-12-26-15-18)14-20(19)16-6-3-2-4-7-16/h2-10,12,14-15,21-22H,11,13,25H2,1H3,(H,27,28)(H,29,30). The van der Waals surface area contributed by atoms with E-state index in [9.17, 15) is 14.7 Å². The van der Waals surface area contributed by atoms with Gasteiger partial charge in [-0.25, -0.2) is 4.79 Å². The third-order valence-electron chi connectivity index (χ3n) is 4.99. The first-order chi connectivity index (χ1) is 15.0. The largest absolute Gasteiger partial charge is 0.480 e. The molecule has 2 aromatic carbocycles. The van der Waals surface area contributed by atoms with Crippen molar-refractivity contribution in [1.82, 2.24) is 10.3 Å². The van der Waals surface area contributed by atoms with E-state index in [1.165, 1.54) is 11.8 Å². The number of carboxylic acids is 1. The van der Waals surface area contributed by atoms with E-state index >= 15 is 0 Å². The lowest BCUT2D eigenvalue weighted by molar-refractivity contribution is -0.139. The first-order valence-electron chi connectivity index (χ1n) is 9.88. The van der Waals surface area contributed by atoms with Gasteiger partial charge in [-0.1, -0.05) is 42.5 Å². The molecule has 3 aromatic rings. The summed E-state index contributed by atoms with van der Waals surface area (Å²) in [7, 11) is 0. The summed E-state index contributed by atoms with van der Waals surface area (Å²) in [5.74, 6) is -0.824. The molecule has 1 amide bonds. The molecular weight excluding hydrogens is 410 g/mol. The van der Waals surface area contributed by atoms with Crippen LogP contribution in [0, 0.1) is 0 Å². The molecule has 4 N–H and O–H groups in total. The molecule has 0 spiro atoms. The minimum absolute atomic E-state index is 0.354. The highest BCUT2D eigenvalue weighted by Gasteiger charge is 2.23. The van der Waals surface area contributed by atoms with Crippen LogP contribution in [-0.4, -0.2) is 40.0 Å². The molecule has 0 aliphatic rings. The Bertz CT molecular complexity index is 1030. The van der Waals surface area contributed by atoms with Crippen molar-refractivity contribution in [2.45, 2.75) is 18.5 Å². The first kappa shape index (κ1) is 22.5. The van der Waals surface area contributed by atoms with Crippen LogP contribution in [0.25, 0.3) is 11.1 Å². The maximum atomic E-state index is 13.0. The molecule has 2 atom stereocenters. The maximum absolute atomic E-state index is 13.0. The first-order valence-corrected chi connectivity index (χ1v) is 11.3. The number of benzene rings is 2. The predicted molar refractivity (Wildman–Crippen MR) is 124 cm³/mol. The van der Waals surface area contributed by atoms with E-state index < -0.39 is 24.0 Å². The van der Waals surface area contributed by atoms with E-state index in [4.69, 9.17) is 5.73 Å². The quantitative estimate of drug-likeness (QED) is 0.473. The molecule has 1 aromatic heterocycles. The van der Waals surface area contributed by atoms with Gasteiger partial charge in [0.2, 0.25) is 0 Å². The Hall–Kier alpha value is -3.16. The summed E-state index contributed by atoms with van der Waals surface area (Å²) in [6.07, 6.45) is 5.66. The average Bonchev–Trinajstić information content (AvgIpc) is 2.81. The fraction of sp³-hybridized carbons (Fsp3) is 0.208. The van der Waals surface area contributed by atoms with Crippen molar-refractivity contribution >= 4 is 23.6 Å². The summed E-state index contributed by atoms with van der Waals surface area (Å²) < 4.78 is 0. The molecule has 0 saturated carbocycles. The van der Waals surface area contributed by atoms with Gasteiger partial charge in [0.25, 0.3) is 5.91 Å². The van der Waals surface area contributed by atoms with Crippen LogP contribution in [0.4, 0.5) is 0 Å². The van der Waals surface area contributed by atoms with Gasteiger partial charge in [0.05, 0.1) is 6.04 Å². The molecule has 6 nitrogen and oxygen atoms in total. The Morgan fingerprint density at radius 3 is 2.52 bits per heavy atom. The maximum Gasteiger partial charge on any atom is 0.326 e. The normalized spacial score (nSPS) is 12.7. The molecule has 1 heterocycles. The van der Waals surface area contributed by atoms with Crippen molar-refractivity contribution in [3.63, 3.8) is 0 Å². The van der Waals surface area contributed by atoms with Crippen LogP contribution < -0.4 is 11.1 Å². The lowest BCUT2D eigenvalue weighted by atomic mass is 9.92. The molecule has 0 radical (unpaired) electrons. The van der Waals surface area contributed by atoms with Crippen molar-refractivity contribution in [3.8, 4) is 11.1 Å². The molecule has 0 saturated heterocycles. The van der Waals surface area contributed by atoms with E-state index in [0.29, 0.717) is 23.3 Å². The molecule has 2 unspecified atom stereocenters. The van der Waals surface area contributed by atoms with Crippen LogP contribution in [0.15, 0.2) is 73.1 Å². The van der Waals surface area contributed by atoms with Gasteiger partial charge in [-0.05, 0) is 58.9 Å². The van der Waals surface area contributed by atoms with Crippen LogP contribution in [-0.2, 0) is 4.79 Å². The second-order valence-electron chi connectivity index (χ2n) is 7.08. The Morgan fingerprint density at radius 1 is 1.10 bits per heavy atom. The van der Waals surface area contributed by atoms with Gasteiger partial charge < -0.3 is 16.2 Å². The van der Waals surface area contributed by atoms with Gasteiger partial charge in [0.15, 0.2) is 0 Å². The summed E-state index contributed by atoms with van der Waals surface area (Å²) in [5, 5.41) is 12.1. The van der Waals surface area contributed by atoms with Gasteiger partial charge in [-0.3, -0.25) is 9.78 Å². The zero-order chi connectivity index (χ0) is 22.2. The zero-order valence-corrected chi connectivity index (χ0v) is 18.0. The fourth-order valence-corrected chi connectivity index (χ4v) is 3.76. The number of carboxylic acid groups (broad SMARTS) is 1. The summed E-state index contributed by atoms with van der Waals surface area (Å²) in [6.45, 7) is 0. The number of hydrogen-bond donors (Lipinski definition) is 3. The van der Waals surface area contributed by atoms with Crippen molar-refractivity contribution < 1.29 is 14.7 Å². The Labute approximate surface area is 185 Å². The van der Waals surface area contributed by atoms with Crippen molar-refractivity contribution in [2.75, 3.05) is 12.0 Å². The molecule has 0 aliphatic carbocycles. The summed E-state index contributed by atoms with van der Waals surface area (Å²) in [4.78, 5) is 28.8. The van der Waals surface area contributed by atoms with Gasteiger partial charge >= 0.3 is 5.97 Å². The van der Waals surface area contributed by atoms with Gasteiger partial charge in [-0.2, -0.15) is 11.8 Å². The highest BCUT2D eigenvalue weighted by Crippen LogP contribution is 2.29. The Morgan fingerprint density at radius 2 is 1.87 bits per heavy atom. The lowest BCUT2D eigenvalue weighted by Gasteiger charge is -2.18. The molecule has 31 heavy (non-hydrogen) atoms. The Kier molecular flexibility index (Phi) is 7.81. The number of aromatic nitrogens is 1. The minimum atomic E-state index is -1.04. The van der Waals surface area contributed by atoms with Crippen LogP contribution >= 0.6 is 11.8 Å². The predicted octanol–water partition coefficient (Wildman–Crippen LogP) is 3.73. The lowest BCUT2D eigenvalue weighted by Crippen LogP contribution is -2.41. The average molecular weight is 436 g/mol. The second-order valence-corrected chi connectivity index (χ2v) is 8.07. The summed E-state index contributed by atoms with van der Waals surface area (Å²) >= 11 is 1.54. The number of aliphatic carboxylic acids is 1. The molecule has 0 bridgehead atoms. The number of pyridine rings is 1. The van der Waals surface area contributed by atoms with E-state index in [1.54, 1.807) is 24.5 Å². The van der Waals surface area contributed by atoms with E-state index in [2.05, 4.69) is 10.3 Å². The molecule has 160 valence electrons. The number of carbonyl (C=O) groups excluding carboxylic acids is 1. The second kappa shape index (κ2) is 10.7. The zero-order valence-electron chi connectivity index (χ0n) is 17.2. The molecule has 7 heteroatoms. The van der Waals surface area contributed by atoms with Gasteiger partial charge in [-0.15, -0.1) is 0 Å². The van der Waals surface area contributed by atoms with Crippen LogP contribution in [0.1, 0.15) is 33.9 Å². The van der Waals surface area contributed by atoms with E-state index in [-0.39, 0.29) is 0 Å². The number of thioether (sulfide) groups is 1. The van der Waals surface area contributed by atoms with Crippen molar-refractivity contribution in [2.24, 2.45) is 5.73 Å². The number of nitrogens with one attached hydrogen (secondary N) is 1. The smallest absolute Gasteiger partial charge is 0.326 e. The summed E-state index contributed by atoms with van der Waals surface area (Å²) in [6, 6.07) is 17.3. The fourth-order valence-electron chi connectivity index (χ4n) is 3.29. The molecule has 0 aliphatic heterocycles. The van der Waals surface area contributed by atoms with Gasteiger partial charge in [0.1, 0.15) is 6.04 Å². The monoisotopic (exact) mass is 435 g/mol. The SMILES string of the molecule is CSCCC(NC(=O)c1ccc(C(N)c2cccnc2)cc1-c1ccccc1)C(=O)O. The number of nitrogens with two attached hydrogens (primary N) is 1. The number of hydrogen-bond acceptors (Lipinski definition) is 5. The van der Waals surface area contributed by atoms with Crippen molar-refractivity contribution in [3.05, 3.63) is 89.7 Å². The van der Waals surface area contributed by atoms with E-state index in [0.717, 1.165) is 16.7 Å². The van der Waals surface area contributed by atoms with Crippen LogP contribution in [0.2, 0.25) is 0 Å². The number of rotatable bonds is 9. The van der Waals surface area contributed by atoms with Crippen LogP contribution in [0.3, 0.4) is 0 Å².